The van der Waals surface area contributed by atoms with Gasteiger partial charge in [0.05, 0.1) is 12.3 Å². The van der Waals surface area contributed by atoms with E-state index in [0.29, 0.717) is 11.4 Å². The number of nitrogens with zero attached hydrogens (tertiary/aromatic N) is 1. The summed E-state index contributed by atoms with van der Waals surface area (Å²) in [5, 5.41) is 2.43. The maximum Gasteiger partial charge on any atom is 0.235 e. The zero-order chi connectivity index (χ0) is 15.9. The third-order valence-corrected chi connectivity index (χ3v) is 5.96. The highest BCUT2D eigenvalue weighted by atomic mass is 32.2. The Morgan fingerprint density at radius 3 is 2.71 bits per heavy atom. The molecule has 0 spiro atoms. The van der Waals surface area contributed by atoms with Crippen molar-refractivity contribution in [3.8, 4) is 0 Å². The number of anilines is 1. The molecule has 8 heteroatoms. The Bertz CT molecular complexity index is 576. The number of thioether (sulfide) groups is 1. The van der Waals surface area contributed by atoms with Gasteiger partial charge in [-0.3, -0.25) is 4.79 Å². The van der Waals surface area contributed by atoms with Crippen LogP contribution in [0.4, 0.5) is 5.69 Å². The molecule has 1 amide bonds. The van der Waals surface area contributed by atoms with Crippen LogP contribution in [-0.4, -0.2) is 50.3 Å². The largest absolute Gasteiger partial charge is 0.399 e. The molecule has 118 valence electrons. The first kappa shape index (κ1) is 17.8. The highest BCUT2D eigenvalue weighted by Gasteiger charge is 2.22. The molecule has 0 saturated heterocycles. The number of likely N-dealkylation sites (N-methyl/N-ethyl adjacent to an activating group) is 2. The summed E-state index contributed by atoms with van der Waals surface area (Å²) in [4.78, 5) is 12.3. The third kappa shape index (κ3) is 5.94. The molecule has 1 aromatic carbocycles. The Labute approximate surface area is 130 Å². The van der Waals surface area contributed by atoms with Gasteiger partial charge in [-0.15, -0.1) is 11.8 Å². The molecule has 21 heavy (non-hydrogen) atoms. The van der Waals surface area contributed by atoms with Gasteiger partial charge >= 0.3 is 0 Å². The number of rotatable bonds is 8. The van der Waals surface area contributed by atoms with E-state index in [1.54, 1.807) is 19.1 Å². The van der Waals surface area contributed by atoms with E-state index in [9.17, 15) is 13.2 Å². The van der Waals surface area contributed by atoms with Crippen molar-refractivity contribution in [2.45, 2.75) is 11.8 Å². The average Bonchev–Trinajstić information content (AvgIpc) is 2.44. The minimum atomic E-state index is -3.44. The molecule has 0 aliphatic heterocycles. The van der Waals surface area contributed by atoms with Crippen LogP contribution in [0.5, 0.6) is 0 Å². The number of hydrogen-bond acceptors (Lipinski definition) is 5. The second-order valence-corrected chi connectivity index (χ2v) is 7.59. The zero-order valence-electron chi connectivity index (χ0n) is 12.2. The lowest BCUT2D eigenvalue weighted by molar-refractivity contribution is -0.120. The summed E-state index contributed by atoms with van der Waals surface area (Å²) in [6.07, 6.45) is 0. The molecular formula is C13H21N3O3S2. The standard InChI is InChI=1S/C13H21N3O3S2/c1-3-16(10-13(17)15-2)21(18,19)8-7-20-12-6-4-5-11(14)9-12/h4-6,9H,3,7-8,10,14H2,1-2H3,(H,15,17). The molecule has 0 aliphatic rings. The van der Waals surface area contributed by atoms with Crippen molar-refractivity contribution >= 4 is 33.4 Å². The summed E-state index contributed by atoms with van der Waals surface area (Å²) in [5.41, 5.74) is 6.32. The average molecular weight is 331 g/mol. The van der Waals surface area contributed by atoms with Crippen LogP contribution in [-0.2, 0) is 14.8 Å². The molecule has 0 bridgehead atoms. The summed E-state index contributed by atoms with van der Waals surface area (Å²) in [6, 6.07) is 7.30. The quantitative estimate of drug-likeness (QED) is 0.542. The number of amides is 1. The fourth-order valence-corrected chi connectivity index (χ4v) is 4.42. The van der Waals surface area contributed by atoms with Crippen LogP contribution in [0.1, 0.15) is 6.92 Å². The van der Waals surface area contributed by atoms with Crippen molar-refractivity contribution in [3.05, 3.63) is 24.3 Å². The van der Waals surface area contributed by atoms with E-state index < -0.39 is 10.0 Å². The Balaban J connectivity index is 2.57. The van der Waals surface area contributed by atoms with Crippen LogP contribution in [0.15, 0.2) is 29.2 Å². The Kier molecular flexibility index (Phi) is 7.00. The van der Waals surface area contributed by atoms with E-state index in [1.165, 1.54) is 23.1 Å². The molecular weight excluding hydrogens is 310 g/mol. The molecule has 0 unspecified atom stereocenters. The number of benzene rings is 1. The maximum atomic E-state index is 12.2. The predicted octanol–water partition coefficient (Wildman–Crippen LogP) is 0.759. The summed E-state index contributed by atoms with van der Waals surface area (Å²) in [7, 11) is -1.95. The van der Waals surface area contributed by atoms with Gasteiger partial charge in [0.2, 0.25) is 15.9 Å². The molecule has 6 nitrogen and oxygen atoms in total. The van der Waals surface area contributed by atoms with Gasteiger partial charge in [-0.1, -0.05) is 13.0 Å². The number of nitrogens with two attached hydrogens (primary N) is 1. The maximum absolute atomic E-state index is 12.2. The molecule has 0 atom stereocenters. The number of carbonyl (C=O) groups excluding carboxylic acids is 1. The third-order valence-electron chi connectivity index (χ3n) is 2.81. The summed E-state index contributed by atoms with van der Waals surface area (Å²) in [6.45, 7) is 1.85. The second-order valence-electron chi connectivity index (χ2n) is 4.34. The first-order chi connectivity index (χ1) is 9.89. The van der Waals surface area contributed by atoms with Crippen molar-refractivity contribution < 1.29 is 13.2 Å². The fourth-order valence-electron chi connectivity index (χ4n) is 1.64. The first-order valence-electron chi connectivity index (χ1n) is 6.55. The van der Waals surface area contributed by atoms with Crippen molar-refractivity contribution in [3.63, 3.8) is 0 Å². The number of nitrogen functional groups attached to an aromatic ring is 1. The fraction of sp³-hybridized carbons (Fsp3) is 0.462. The number of sulfonamides is 1. The van der Waals surface area contributed by atoms with Crippen LogP contribution in [0.2, 0.25) is 0 Å². The van der Waals surface area contributed by atoms with Crippen molar-refractivity contribution in [1.29, 1.82) is 0 Å². The van der Waals surface area contributed by atoms with Crippen molar-refractivity contribution in [2.75, 3.05) is 37.4 Å². The van der Waals surface area contributed by atoms with E-state index in [2.05, 4.69) is 5.32 Å². The van der Waals surface area contributed by atoms with Gasteiger partial charge in [0.1, 0.15) is 0 Å². The van der Waals surface area contributed by atoms with Gasteiger partial charge in [0.15, 0.2) is 0 Å². The van der Waals surface area contributed by atoms with E-state index >= 15 is 0 Å². The van der Waals surface area contributed by atoms with E-state index in [0.717, 1.165) is 4.90 Å². The van der Waals surface area contributed by atoms with Crippen molar-refractivity contribution in [1.82, 2.24) is 9.62 Å². The van der Waals surface area contributed by atoms with Crippen molar-refractivity contribution in [2.24, 2.45) is 0 Å². The molecule has 0 radical (unpaired) electrons. The van der Waals surface area contributed by atoms with E-state index in [4.69, 9.17) is 5.73 Å². The number of carbonyl (C=O) groups is 1. The van der Waals surface area contributed by atoms with E-state index in [1.807, 2.05) is 12.1 Å². The van der Waals surface area contributed by atoms with Gasteiger partial charge < -0.3 is 11.1 Å². The molecule has 0 aliphatic carbocycles. The molecule has 0 aromatic heterocycles. The molecule has 0 heterocycles. The van der Waals surface area contributed by atoms with Crippen LogP contribution >= 0.6 is 11.8 Å². The predicted molar refractivity (Wildman–Crippen MR) is 86.7 cm³/mol. The van der Waals surface area contributed by atoms with Crippen LogP contribution in [0, 0.1) is 0 Å². The minimum Gasteiger partial charge on any atom is -0.399 e. The Morgan fingerprint density at radius 2 is 2.14 bits per heavy atom. The van der Waals surface area contributed by atoms with Gasteiger partial charge in [0.25, 0.3) is 0 Å². The van der Waals surface area contributed by atoms with Gasteiger partial charge in [-0.25, -0.2) is 8.42 Å². The molecule has 0 saturated carbocycles. The SMILES string of the molecule is CCN(CC(=O)NC)S(=O)(=O)CCSc1cccc(N)c1. The summed E-state index contributed by atoms with van der Waals surface area (Å²) >= 11 is 1.43. The summed E-state index contributed by atoms with van der Waals surface area (Å²) in [5.74, 6) is 0.0803. The number of nitrogens with one attached hydrogen (secondary N) is 1. The highest BCUT2D eigenvalue weighted by molar-refractivity contribution is 8.00. The van der Waals surface area contributed by atoms with Crippen LogP contribution in [0.3, 0.4) is 0 Å². The topological polar surface area (TPSA) is 92.5 Å². The molecule has 1 rings (SSSR count). The normalized spacial score (nSPS) is 11.6. The van der Waals surface area contributed by atoms with Crippen LogP contribution in [0.25, 0.3) is 0 Å². The smallest absolute Gasteiger partial charge is 0.235 e. The Hall–Kier alpha value is -1.25. The van der Waals surface area contributed by atoms with Gasteiger partial charge in [-0.05, 0) is 18.2 Å². The number of hydrogen-bond donors (Lipinski definition) is 2. The zero-order valence-corrected chi connectivity index (χ0v) is 13.8. The molecule has 0 fully saturated rings. The minimum absolute atomic E-state index is 0.0166. The Morgan fingerprint density at radius 1 is 1.43 bits per heavy atom. The lowest BCUT2D eigenvalue weighted by atomic mass is 10.3. The highest BCUT2D eigenvalue weighted by Crippen LogP contribution is 2.20. The lowest BCUT2D eigenvalue weighted by Gasteiger charge is -2.19. The van der Waals surface area contributed by atoms with Gasteiger partial charge in [0, 0.05) is 29.9 Å². The van der Waals surface area contributed by atoms with Gasteiger partial charge in [-0.2, -0.15) is 4.31 Å². The monoisotopic (exact) mass is 331 g/mol. The second kappa shape index (κ2) is 8.26. The molecule has 3 N–H and O–H groups in total. The van der Waals surface area contributed by atoms with E-state index in [-0.39, 0.29) is 24.7 Å². The lowest BCUT2D eigenvalue weighted by Crippen LogP contribution is -2.40. The first-order valence-corrected chi connectivity index (χ1v) is 9.15. The van der Waals surface area contributed by atoms with Crippen LogP contribution < -0.4 is 11.1 Å². The molecule has 1 aromatic rings. The summed E-state index contributed by atoms with van der Waals surface area (Å²) < 4.78 is 25.5.